The van der Waals surface area contributed by atoms with Gasteiger partial charge in [-0.3, -0.25) is 9.59 Å². The van der Waals surface area contributed by atoms with E-state index in [1.54, 1.807) is 18.4 Å². The first-order valence-electron chi connectivity index (χ1n) is 8.59. The molecule has 0 spiro atoms. The van der Waals surface area contributed by atoms with E-state index in [0.29, 0.717) is 12.8 Å². The standard InChI is InChI=1S/C21H22N2O2S/c1-23-21(25)19(13-17-7-4-10-26-17)18(20(22)24)12-14-8-9-15-5-2-3-6-16(15)11-14/h2-11,18-19H,12-13H2,1H3,(H2,22,24)(H,23,25)/t18?,19-/m1/s1. The van der Waals surface area contributed by atoms with E-state index in [0.717, 1.165) is 21.2 Å². The molecule has 26 heavy (non-hydrogen) atoms. The molecule has 0 radical (unpaired) electrons. The third-order valence-electron chi connectivity index (χ3n) is 4.71. The summed E-state index contributed by atoms with van der Waals surface area (Å²) in [5.74, 6) is -1.63. The van der Waals surface area contributed by atoms with Crippen LogP contribution in [-0.4, -0.2) is 18.9 Å². The molecule has 0 bridgehead atoms. The number of hydrogen-bond donors (Lipinski definition) is 2. The van der Waals surface area contributed by atoms with Crippen LogP contribution < -0.4 is 11.1 Å². The molecule has 0 saturated carbocycles. The van der Waals surface area contributed by atoms with Crippen molar-refractivity contribution in [3.63, 3.8) is 0 Å². The van der Waals surface area contributed by atoms with Crippen LogP contribution in [0.3, 0.4) is 0 Å². The van der Waals surface area contributed by atoms with Crippen molar-refractivity contribution >= 4 is 33.9 Å². The van der Waals surface area contributed by atoms with Crippen LogP contribution in [0.15, 0.2) is 60.0 Å². The molecule has 134 valence electrons. The molecule has 1 aromatic heterocycles. The van der Waals surface area contributed by atoms with Gasteiger partial charge in [0.2, 0.25) is 11.8 Å². The summed E-state index contributed by atoms with van der Waals surface area (Å²) < 4.78 is 0. The third kappa shape index (κ3) is 4.11. The third-order valence-corrected chi connectivity index (χ3v) is 5.60. The Morgan fingerprint density at radius 1 is 1.00 bits per heavy atom. The number of primary amides is 1. The van der Waals surface area contributed by atoms with Gasteiger partial charge < -0.3 is 11.1 Å². The molecule has 0 aliphatic rings. The van der Waals surface area contributed by atoms with Crippen molar-refractivity contribution in [2.45, 2.75) is 12.8 Å². The molecular formula is C21H22N2O2S. The van der Waals surface area contributed by atoms with E-state index in [-0.39, 0.29) is 5.91 Å². The lowest BCUT2D eigenvalue weighted by Crippen LogP contribution is -2.41. The van der Waals surface area contributed by atoms with Crippen LogP contribution in [0.4, 0.5) is 0 Å². The predicted octanol–water partition coefficient (Wildman–Crippen LogP) is 3.15. The first-order valence-corrected chi connectivity index (χ1v) is 9.47. The van der Waals surface area contributed by atoms with Crippen LogP contribution in [0.1, 0.15) is 10.4 Å². The number of amides is 2. The molecule has 3 rings (SSSR count). The van der Waals surface area contributed by atoms with Crippen molar-refractivity contribution in [3.05, 3.63) is 70.4 Å². The van der Waals surface area contributed by atoms with Gasteiger partial charge in [0.1, 0.15) is 0 Å². The zero-order chi connectivity index (χ0) is 18.5. The Kier molecular flexibility index (Phi) is 5.68. The van der Waals surface area contributed by atoms with Crippen molar-refractivity contribution in [2.75, 3.05) is 7.05 Å². The summed E-state index contributed by atoms with van der Waals surface area (Å²) in [5.41, 5.74) is 6.71. The highest BCUT2D eigenvalue weighted by atomic mass is 32.1. The number of carbonyl (C=O) groups excluding carboxylic acids is 2. The van der Waals surface area contributed by atoms with Gasteiger partial charge in [-0.2, -0.15) is 0 Å². The lowest BCUT2D eigenvalue weighted by molar-refractivity contribution is -0.132. The molecule has 4 nitrogen and oxygen atoms in total. The van der Waals surface area contributed by atoms with Gasteiger partial charge in [-0.1, -0.05) is 48.5 Å². The SMILES string of the molecule is CNC(=O)[C@H](Cc1cccs1)C(Cc1ccc2ccccc2c1)C(N)=O. The highest BCUT2D eigenvalue weighted by molar-refractivity contribution is 7.09. The largest absolute Gasteiger partial charge is 0.369 e. The maximum Gasteiger partial charge on any atom is 0.224 e. The second-order valence-corrected chi connectivity index (χ2v) is 7.43. The highest BCUT2D eigenvalue weighted by Gasteiger charge is 2.32. The summed E-state index contributed by atoms with van der Waals surface area (Å²) in [4.78, 5) is 25.7. The maximum absolute atomic E-state index is 12.5. The molecule has 0 fully saturated rings. The van der Waals surface area contributed by atoms with E-state index in [1.807, 2.05) is 47.8 Å². The van der Waals surface area contributed by atoms with E-state index >= 15 is 0 Å². The van der Waals surface area contributed by atoms with Gasteiger partial charge in [-0.15, -0.1) is 11.3 Å². The Bertz CT molecular complexity index is 905. The first-order chi connectivity index (χ1) is 12.6. The van der Waals surface area contributed by atoms with Gasteiger partial charge in [0.05, 0.1) is 11.8 Å². The Morgan fingerprint density at radius 3 is 2.42 bits per heavy atom. The maximum atomic E-state index is 12.5. The summed E-state index contributed by atoms with van der Waals surface area (Å²) in [6, 6.07) is 18.1. The summed E-state index contributed by atoms with van der Waals surface area (Å²) >= 11 is 1.58. The van der Waals surface area contributed by atoms with Crippen molar-refractivity contribution in [1.29, 1.82) is 0 Å². The second kappa shape index (κ2) is 8.15. The minimum atomic E-state index is -0.557. The molecule has 0 aliphatic carbocycles. The lowest BCUT2D eigenvalue weighted by Gasteiger charge is -2.23. The Balaban J connectivity index is 1.89. The van der Waals surface area contributed by atoms with Gasteiger partial charge in [0.25, 0.3) is 0 Å². The molecule has 0 aliphatic heterocycles. The smallest absolute Gasteiger partial charge is 0.224 e. The first kappa shape index (κ1) is 18.1. The quantitative estimate of drug-likeness (QED) is 0.674. The minimum Gasteiger partial charge on any atom is -0.369 e. The minimum absolute atomic E-state index is 0.150. The number of fused-ring (bicyclic) bond motifs is 1. The summed E-state index contributed by atoms with van der Waals surface area (Å²) in [6.07, 6.45) is 0.960. The number of nitrogens with two attached hydrogens (primary N) is 1. The number of hydrogen-bond acceptors (Lipinski definition) is 3. The van der Waals surface area contributed by atoms with Crippen LogP contribution in [0.5, 0.6) is 0 Å². The van der Waals surface area contributed by atoms with Crippen LogP contribution in [0.25, 0.3) is 10.8 Å². The molecule has 5 heteroatoms. The van der Waals surface area contributed by atoms with E-state index in [1.165, 1.54) is 0 Å². The molecule has 1 heterocycles. The van der Waals surface area contributed by atoms with Crippen LogP contribution >= 0.6 is 11.3 Å². The molecular weight excluding hydrogens is 344 g/mol. The summed E-state index contributed by atoms with van der Waals surface area (Å²) in [5, 5.41) is 6.92. The van der Waals surface area contributed by atoms with Gasteiger partial charge >= 0.3 is 0 Å². The number of benzene rings is 2. The topological polar surface area (TPSA) is 72.2 Å². The van der Waals surface area contributed by atoms with Crippen LogP contribution in [0.2, 0.25) is 0 Å². The second-order valence-electron chi connectivity index (χ2n) is 6.40. The average molecular weight is 366 g/mol. The molecule has 0 saturated heterocycles. The molecule has 3 N–H and O–H groups in total. The predicted molar refractivity (Wildman–Crippen MR) is 106 cm³/mol. The van der Waals surface area contributed by atoms with Gasteiger partial charge in [0, 0.05) is 11.9 Å². The normalized spacial score (nSPS) is 13.3. The van der Waals surface area contributed by atoms with Crippen LogP contribution in [-0.2, 0) is 22.4 Å². The van der Waals surface area contributed by atoms with Gasteiger partial charge in [-0.05, 0) is 40.6 Å². The Morgan fingerprint density at radius 2 is 1.77 bits per heavy atom. The van der Waals surface area contributed by atoms with Crippen molar-refractivity contribution in [3.8, 4) is 0 Å². The summed E-state index contributed by atoms with van der Waals surface area (Å²) in [6.45, 7) is 0. The number of thiophene rings is 1. The monoisotopic (exact) mass is 366 g/mol. The number of carbonyl (C=O) groups is 2. The van der Waals surface area contributed by atoms with Crippen LogP contribution in [0, 0.1) is 11.8 Å². The van der Waals surface area contributed by atoms with E-state index in [2.05, 4.69) is 17.4 Å². The van der Waals surface area contributed by atoms with Gasteiger partial charge in [0.15, 0.2) is 0 Å². The molecule has 3 aromatic rings. The summed E-state index contributed by atoms with van der Waals surface area (Å²) in [7, 11) is 1.60. The number of nitrogens with one attached hydrogen (secondary N) is 1. The van der Waals surface area contributed by atoms with E-state index in [9.17, 15) is 9.59 Å². The zero-order valence-corrected chi connectivity index (χ0v) is 15.5. The molecule has 2 amide bonds. The fourth-order valence-electron chi connectivity index (χ4n) is 3.31. The zero-order valence-electron chi connectivity index (χ0n) is 14.6. The van der Waals surface area contributed by atoms with E-state index in [4.69, 9.17) is 5.73 Å². The average Bonchev–Trinajstić information content (AvgIpc) is 3.16. The fraction of sp³-hybridized carbons (Fsp3) is 0.238. The number of rotatable bonds is 7. The fourth-order valence-corrected chi connectivity index (χ4v) is 4.07. The Labute approximate surface area is 157 Å². The molecule has 2 aromatic carbocycles. The van der Waals surface area contributed by atoms with Crippen molar-refractivity contribution < 1.29 is 9.59 Å². The lowest BCUT2D eigenvalue weighted by atomic mass is 9.82. The van der Waals surface area contributed by atoms with Crippen molar-refractivity contribution in [1.82, 2.24) is 5.32 Å². The van der Waals surface area contributed by atoms with E-state index < -0.39 is 17.7 Å². The van der Waals surface area contributed by atoms with Gasteiger partial charge in [-0.25, -0.2) is 0 Å². The Hall–Kier alpha value is -2.66. The molecule has 1 unspecified atom stereocenters. The highest BCUT2D eigenvalue weighted by Crippen LogP contribution is 2.26. The molecule has 2 atom stereocenters. The van der Waals surface area contributed by atoms with Crippen molar-refractivity contribution in [2.24, 2.45) is 17.6 Å².